The summed E-state index contributed by atoms with van der Waals surface area (Å²) in [5, 5.41) is 16.5. The van der Waals surface area contributed by atoms with Crippen molar-refractivity contribution in [2.24, 2.45) is 5.10 Å². The molecule has 0 aromatic heterocycles. The molecule has 0 atom stereocenters. The van der Waals surface area contributed by atoms with E-state index in [9.17, 15) is 19.7 Å². The lowest BCUT2D eigenvalue weighted by Crippen LogP contribution is -2.17. The Bertz CT molecular complexity index is 1430. The van der Waals surface area contributed by atoms with Gasteiger partial charge in [0.2, 0.25) is 0 Å². The lowest BCUT2D eigenvalue weighted by atomic mass is 10.0. The first-order valence-electron chi connectivity index (χ1n) is 10.3. The van der Waals surface area contributed by atoms with Gasteiger partial charge in [-0.15, -0.1) is 0 Å². The van der Waals surface area contributed by atoms with E-state index >= 15 is 0 Å². The number of nitrogens with one attached hydrogen (secondary N) is 1. The minimum Gasteiger partial charge on any atom is -0.422 e. The normalized spacial score (nSPS) is 10.9. The number of nitrogens with zero attached hydrogens (tertiary/aromatic N) is 2. The zero-order valence-corrected chi connectivity index (χ0v) is 18.1. The van der Waals surface area contributed by atoms with Gasteiger partial charge in [0.1, 0.15) is 5.75 Å². The van der Waals surface area contributed by atoms with Gasteiger partial charge >= 0.3 is 5.97 Å². The van der Waals surface area contributed by atoms with Crippen molar-refractivity contribution in [1.82, 2.24) is 5.43 Å². The molecular weight excluding hydrogens is 434 g/mol. The first-order valence-corrected chi connectivity index (χ1v) is 10.3. The molecule has 8 heteroatoms. The number of ether oxygens (including phenoxy) is 1. The molecule has 0 radical (unpaired) electrons. The van der Waals surface area contributed by atoms with Crippen molar-refractivity contribution in [3.63, 3.8) is 0 Å². The van der Waals surface area contributed by atoms with E-state index in [4.69, 9.17) is 4.74 Å². The summed E-state index contributed by atoms with van der Waals surface area (Å²) in [7, 11) is 0. The first kappa shape index (κ1) is 22.3. The van der Waals surface area contributed by atoms with Crippen LogP contribution in [-0.4, -0.2) is 23.0 Å². The number of hydrogen-bond acceptors (Lipinski definition) is 6. The highest BCUT2D eigenvalue weighted by molar-refractivity contribution is 6.04. The number of aryl methyl sites for hydroxylation is 1. The summed E-state index contributed by atoms with van der Waals surface area (Å²) in [5.41, 5.74) is 4.37. The second-order valence-corrected chi connectivity index (χ2v) is 7.46. The Morgan fingerprint density at radius 2 is 1.71 bits per heavy atom. The van der Waals surface area contributed by atoms with E-state index in [-0.39, 0.29) is 11.3 Å². The molecule has 168 valence electrons. The second-order valence-electron chi connectivity index (χ2n) is 7.46. The summed E-state index contributed by atoms with van der Waals surface area (Å²) in [5.74, 6) is -0.758. The molecule has 0 saturated carbocycles. The van der Waals surface area contributed by atoms with Crippen LogP contribution in [0.4, 0.5) is 5.69 Å². The van der Waals surface area contributed by atoms with E-state index in [1.165, 1.54) is 30.5 Å². The minimum absolute atomic E-state index is 0.115. The Balaban J connectivity index is 1.60. The van der Waals surface area contributed by atoms with Gasteiger partial charge in [-0.3, -0.25) is 14.9 Å². The second kappa shape index (κ2) is 9.74. The van der Waals surface area contributed by atoms with E-state index in [1.54, 1.807) is 24.3 Å². The molecule has 0 unspecified atom stereocenters. The fourth-order valence-electron chi connectivity index (χ4n) is 3.38. The number of rotatable bonds is 6. The lowest BCUT2D eigenvalue weighted by molar-refractivity contribution is -0.384. The Hall–Kier alpha value is -4.85. The third-order valence-corrected chi connectivity index (χ3v) is 5.09. The molecule has 0 aliphatic heterocycles. The molecule has 1 N–H and O–H groups in total. The van der Waals surface area contributed by atoms with Gasteiger partial charge in [0.15, 0.2) is 0 Å². The quantitative estimate of drug-likeness (QED) is 0.145. The molecule has 0 aliphatic rings. The van der Waals surface area contributed by atoms with Crippen molar-refractivity contribution in [3.05, 3.63) is 117 Å². The van der Waals surface area contributed by atoms with Crippen molar-refractivity contribution in [2.75, 3.05) is 0 Å². The highest BCUT2D eigenvalue weighted by Crippen LogP contribution is 2.27. The molecule has 8 nitrogen and oxygen atoms in total. The van der Waals surface area contributed by atoms with Crippen molar-refractivity contribution in [3.8, 4) is 5.75 Å². The molecule has 0 aliphatic carbocycles. The number of benzene rings is 4. The predicted octanol–water partition coefficient (Wildman–Crippen LogP) is 5.04. The molecule has 4 rings (SSSR count). The fraction of sp³-hybridized carbons (Fsp3) is 0.0385. The fourth-order valence-corrected chi connectivity index (χ4v) is 3.38. The van der Waals surface area contributed by atoms with Crippen LogP contribution in [0.2, 0.25) is 0 Å². The van der Waals surface area contributed by atoms with Crippen LogP contribution in [0.5, 0.6) is 5.75 Å². The molecule has 0 heterocycles. The number of hydrogen-bond donors (Lipinski definition) is 1. The average molecular weight is 453 g/mol. The Morgan fingerprint density at radius 3 is 2.44 bits per heavy atom. The maximum absolute atomic E-state index is 12.7. The Morgan fingerprint density at radius 1 is 0.941 bits per heavy atom. The molecule has 0 fully saturated rings. The highest BCUT2D eigenvalue weighted by atomic mass is 16.6. The van der Waals surface area contributed by atoms with E-state index < -0.39 is 16.8 Å². The summed E-state index contributed by atoms with van der Waals surface area (Å²) in [6.07, 6.45) is 1.41. The third-order valence-electron chi connectivity index (χ3n) is 5.09. The zero-order chi connectivity index (χ0) is 24.1. The molecule has 4 aromatic carbocycles. The maximum atomic E-state index is 12.7. The summed E-state index contributed by atoms with van der Waals surface area (Å²) >= 11 is 0. The van der Waals surface area contributed by atoms with Gasteiger partial charge < -0.3 is 4.74 Å². The molecule has 0 saturated heterocycles. The number of carbonyl (C=O) groups excluding carboxylic acids is 2. The van der Waals surface area contributed by atoms with Crippen LogP contribution in [0, 0.1) is 17.0 Å². The standard InChI is InChI=1S/C26H19N3O5/c1-17-5-4-7-20(15-17)26(31)34-24-14-11-18-6-2-3-8-22(18)23(24)16-27-28-25(30)19-9-12-21(13-10-19)29(32)33/h2-16H,1H3,(H,28,30). The number of nitro groups is 1. The number of nitro benzene ring substituents is 1. The minimum atomic E-state index is -0.542. The lowest BCUT2D eigenvalue weighted by Gasteiger charge is -2.11. The zero-order valence-electron chi connectivity index (χ0n) is 18.1. The van der Waals surface area contributed by atoms with Crippen LogP contribution in [0.15, 0.2) is 90.0 Å². The topological polar surface area (TPSA) is 111 Å². The van der Waals surface area contributed by atoms with E-state index in [1.807, 2.05) is 43.3 Å². The van der Waals surface area contributed by atoms with Gasteiger partial charge in [-0.2, -0.15) is 5.10 Å². The monoisotopic (exact) mass is 453 g/mol. The highest BCUT2D eigenvalue weighted by Gasteiger charge is 2.14. The van der Waals surface area contributed by atoms with Crippen molar-refractivity contribution in [2.45, 2.75) is 6.92 Å². The van der Waals surface area contributed by atoms with E-state index in [0.29, 0.717) is 16.9 Å². The van der Waals surface area contributed by atoms with Crippen molar-refractivity contribution >= 4 is 34.6 Å². The van der Waals surface area contributed by atoms with Crippen LogP contribution < -0.4 is 10.2 Å². The van der Waals surface area contributed by atoms with Gasteiger partial charge in [0, 0.05) is 23.3 Å². The number of hydrazone groups is 1. The molecule has 0 spiro atoms. The van der Waals surface area contributed by atoms with E-state index in [2.05, 4.69) is 10.5 Å². The van der Waals surface area contributed by atoms with Gasteiger partial charge in [0.25, 0.3) is 11.6 Å². The largest absolute Gasteiger partial charge is 0.422 e. The van der Waals surface area contributed by atoms with Gasteiger partial charge in [-0.25, -0.2) is 10.2 Å². The van der Waals surface area contributed by atoms with Crippen LogP contribution >= 0.6 is 0 Å². The number of carbonyl (C=O) groups is 2. The molecule has 0 bridgehead atoms. The summed E-state index contributed by atoms with van der Waals surface area (Å²) in [6, 6.07) is 23.3. The maximum Gasteiger partial charge on any atom is 0.343 e. The molecule has 1 amide bonds. The predicted molar refractivity (Wildman–Crippen MR) is 128 cm³/mol. The van der Waals surface area contributed by atoms with Gasteiger partial charge in [-0.1, -0.05) is 48.0 Å². The molecular formula is C26H19N3O5. The molecule has 34 heavy (non-hydrogen) atoms. The van der Waals surface area contributed by atoms with Crippen molar-refractivity contribution in [1.29, 1.82) is 0 Å². The third kappa shape index (κ3) is 4.97. The van der Waals surface area contributed by atoms with Crippen LogP contribution in [-0.2, 0) is 0 Å². The van der Waals surface area contributed by atoms with Crippen LogP contribution in [0.1, 0.15) is 31.8 Å². The van der Waals surface area contributed by atoms with Crippen LogP contribution in [0.3, 0.4) is 0 Å². The SMILES string of the molecule is Cc1cccc(C(=O)Oc2ccc3ccccc3c2C=NNC(=O)c2ccc([N+](=O)[O-])cc2)c1. The van der Waals surface area contributed by atoms with Crippen molar-refractivity contribution < 1.29 is 19.2 Å². The number of fused-ring (bicyclic) bond motifs is 1. The van der Waals surface area contributed by atoms with Gasteiger partial charge in [-0.05, 0) is 48.0 Å². The number of esters is 1. The Labute approximate surface area is 194 Å². The molecule has 4 aromatic rings. The Kier molecular flexibility index (Phi) is 6.40. The smallest absolute Gasteiger partial charge is 0.343 e. The summed E-state index contributed by atoms with van der Waals surface area (Å²) < 4.78 is 5.67. The summed E-state index contributed by atoms with van der Waals surface area (Å²) in [6.45, 7) is 1.89. The van der Waals surface area contributed by atoms with E-state index in [0.717, 1.165) is 16.3 Å². The average Bonchev–Trinajstić information content (AvgIpc) is 2.85. The van der Waals surface area contributed by atoms with Gasteiger partial charge in [0.05, 0.1) is 16.7 Å². The number of non-ortho nitro benzene ring substituents is 1. The summed E-state index contributed by atoms with van der Waals surface area (Å²) in [4.78, 5) is 35.3. The first-order chi connectivity index (χ1) is 16.4. The number of amides is 1. The van der Waals surface area contributed by atoms with Crippen LogP contribution in [0.25, 0.3) is 10.8 Å².